The van der Waals surface area contributed by atoms with E-state index >= 15 is 0 Å². The van der Waals surface area contributed by atoms with Crippen LogP contribution in [0.25, 0.3) is 10.9 Å². The SMILES string of the molecule is COc1ccc(COc2nc(C)nc3c(C=O)c(F)cc(Br)c23)cc1. The van der Waals surface area contributed by atoms with Gasteiger partial charge in [-0.2, -0.15) is 4.98 Å². The summed E-state index contributed by atoms with van der Waals surface area (Å²) in [6, 6.07) is 8.63. The van der Waals surface area contributed by atoms with Crippen LogP contribution in [-0.4, -0.2) is 23.4 Å². The van der Waals surface area contributed by atoms with Crippen molar-refractivity contribution in [1.82, 2.24) is 9.97 Å². The van der Waals surface area contributed by atoms with Gasteiger partial charge in [0.15, 0.2) is 6.29 Å². The number of aryl methyl sites for hydroxylation is 1. The average Bonchev–Trinajstić information content (AvgIpc) is 2.60. The van der Waals surface area contributed by atoms with E-state index in [2.05, 4.69) is 25.9 Å². The van der Waals surface area contributed by atoms with Gasteiger partial charge in [0, 0.05) is 4.47 Å². The molecule has 0 N–H and O–H groups in total. The summed E-state index contributed by atoms with van der Waals surface area (Å²) < 4.78 is 25.4. The number of hydrogen-bond donors (Lipinski definition) is 0. The smallest absolute Gasteiger partial charge is 0.226 e. The van der Waals surface area contributed by atoms with Gasteiger partial charge in [0.2, 0.25) is 5.88 Å². The molecule has 0 aliphatic heterocycles. The number of hydrogen-bond acceptors (Lipinski definition) is 5. The lowest BCUT2D eigenvalue weighted by atomic mass is 10.1. The fraction of sp³-hybridized carbons (Fsp3) is 0.167. The molecular weight excluding hydrogens is 391 g/mol. The molecule has 2 aromatic carbocycles. The van der Waals surface area contributed by atoms with E-state index in [9.17, 15) is 9.18 Å². The van der Waals surface area contributed by atoms with Crippen LogP contribution in [0.1, 0.15) is 21.7 Å². The minimum absolute atomic E-state index is 0.113. The first-order valence-corrected chi connectivity index (χ1v) is 8.20. The molecule has 5 nitrogen and oxygen atoms in total. The predicted octanol–water partition coefficient (Wildman–Crippen LogP) is 4.24. The van der Waals surface area contributed by atoms with E-state index in [1.54, 1.807) is 14.0 Å². The largest absolute Gasteiger partial charge is 0.497 e. The lowest BCUT2D eigenvalue weighted by Gasteiger charge is -2.12. The Bertz CT molecular complexity index is 945. The van der Waals surface area contributed by atoms with E-state index in [0.717, 1.165) is 11.3 Å². The van der Waals surface area contributed by atoms with Crippen LogP contribution < -0.4 is 9.47 Å². The zero-order valence-electron chi connectivity index (χ0n) is 13.5. The van der Waals surface area contributed by atoms with Crippen molar-refractivity contribution in [1.29, 1.82) is 0 Å². The fourth-order valence-electron chi connectivity index (χ4n) is 2.42. The second kappa shape index (κ2) is 7.14. The molecule has 7 heteroatoms. The maximum absolute atomic E-state index is 14.0. The summed E-state index contributed by atoms with van der Waals surface area (Å²) in [5.74, 6) is 0.778. The van der Waals surface area contributed by atoms with Crippen LogP contribution in [0.2, 0.25) is 0 Å². The number of rotatable bonds is 5. The van der Waals surface area contributed by atoms with Crippen molar-refractivity contribution in [2.45, 2.75) is 13.5 Å². The van der Waals surface area contributed by atoms with Crippen molar-refractivity contribution in [2.24, 2.45) is 0 Å². The molecule has 0 spiro atoms. The Labute approximate surface area is 151 Å². The standard InChI is InChI=1S/C18H14BrFN2O3/c1-10-21-17-13(8-23)15(20)7-14(19)16(17)18(22-10)25-9-11-3-5-12(24-2)6-4-11/h3-8H,9H2,1-2H3. The zero-order chi connectivity index (χ0) is 18.0. The van der Waals surface area contributed by atoms with Crippen molar-refractivity contribution in [3.8, 4) is 11.6 Å². The molecule has 0 aliphatic rings. The van der Waals surface area contributed by atoms with Crippen LogP contribution in [0.5, 0.6) is 11.6 Å². The van der Waals surface area contributed by atoms with Gasteiger partial charge >= 0.3 is 0 Å². The summed E-state index contributed by atoms with van der Waals surface area (Å²) in [7, 11) is 1.60. The van der Waals surface area contributed by atoms with Crippen molar-refractivity contribution in [2.75, 3.05) is 7.11 Å². The third kappa shape index (κ3) is 3.46. The number of aromatic nitrogens is 2. The van der Waals surface area contributed by atoms with E-state index in [-0.39, 0.29) is 23.6 Å². The number of methoxy groups -OCH3 is 1. The number of carbonyl (C=O) groups is 1. The molecular formula is C18H14BrFN2O3. The quantitative estimate of drug-likeness (QED) is 0.595. The van der Waals surface area contributed by atoms with Gasteiger partial charge < -0.3 is 9.47 Å². The Morgan fingerprint density at radius 3 is 2.60 bits per heavy atom. The summed E-state index contributed by atoms with van der Waals surface area (Å²) in [6.07, 6.45) is 0.448. The molecule has 25 heavy (non-hydrogen) atoms. The second-order valence-corrected chi connectivity index (χ2v) is 6.16. The number of ether oxygens (including phenoxy) is 2. The topological polar surface area (TPSA) is 61.3 Å². The molecule has 0 radical (unpaired) electrons. The molecule has 3 rings (SSSR count). The van der Waals surface area contributed by atoms with Crippen molar-refractivity contribution < 1.29 is 18.7 Å². The molecule has 0 bridgehead atoms. The van der Waals surface area contributed by atoms with E-state index in [4.69, 9.17) is 9.47 Å². The minimum atomic E-state index is -0.645. The first-order valence-electron chi connectivity index (χ1n) is 7.40. The molecule has 0 unspecified atom stereocenters. The van der Waals surface area contributed by atoms with Crippen LogP contribution >= 0.6 is 15.9 Å². The normalized spacial score (nSPS) is 10.7. The molecule has 1 aromatic heterocycles. The highest BCUT2D eigenvalue weighted by Gasteiger charge is 2.18. The van der Waals surface area contributed by atoms with Gasteiger partial charge in [-0.15, -0.1) is 0 Å². The van der Waals surface area contributed by atoms with Gasteiger partial charge in [0.1, 0.15) is 24.0 Å². The third-order valence-electron chi connectivity index (χ3n) is 3.64. The summed E-state index contributed by atoms with van der Waals surface area (Å²) >= 11 is 3.30. The number of halogens is 2. The van der Waals surface area contributed by atoms with Gasteiger partial charge in [-0.3, -0.25) is 4.79 Å². The Morgan fingerprint density at radius 2 is 1.96 bits per heavy atom. The van der Waals surface area contributed by atoms with E-state index in [0.29, 0.717) is 22.0 Å². The highest BCUT2D eigenvalue weighted by atomic mass is 79.9. The molecule has 0 fully saturated rings. The first kappa shape index (κ1) is 17.3. The maximum Gasteiger partial charge on any atom is 0.226 e. The molecule has 3 aromatic rings. The number of aldehydes is 1. The highest BCUT2D eigenvalue weighted by Crippen LogP contribution is 2.33. The molecule has 0 saturated carbocycles. The average molecular weight is 405 g/mol. The number of carbonyl (C=O) groups excluding carboxylic acids is 1. The number of nitrogens with zero attached hydrogens (tertiary/aromatic N) is 2. The zero-order valence-corrected chi connectivity index (χ0v) is 15.1. The Kier molecular flexibility index (Phi) is 4.94. The second-order valence-electron chi connectivity index (χ2n) is 5.31. The summed E-state index contributed by atoms with van der Waals surface area (Å²) in [6.45, 7) is 1.92. The molecule has 0 atom stereocenters. The lowest BCUT2D eigenvalue weighted by molar-refractivity contribution is 0.112. The maximum atomic E-state index is 14.0. The summed E-state index contributed by atoms with van der Waals surface area (Å²) in [5, 5.41) is 0.461. The van der Waals surface area contributed by atoms with Crippen molar-refractivity contribution >= 4 is 33.1 Å². The van der Waals surface area contributed by atoms with Crippen LogP contribution in [-0.2, 0) is 6.61 Å². The van der Waals surface area contributed by atoms with E-state index in [1.165, 1.54) is 6.07 Å². The van der Waals surface area contributed by atoms with E-state index < -0.39 is 5.82 Å². The van der Waals surface area contributed by atoms with Gasteiger partial charge in [0.25, 0.3) is 0 Å². The van der Waals surface area contributed by atoms with E-state index in [1.807, 2.05) is 24.3 Å². The number of benzene rings is 2. The Hall–Kier alpha value is -2.54. The third-order valence-corrected chi connectivity index (χ3v) is 4.27. The van der Waals surface area contributed by atoms with Crippen molar-refractivity contribution in [3.63, 3.8) is 0 Å². The van der Waals surface area contributed by atoms with Crippen LogP contribution in [0.4, 0.5) is 4.39 Å². The van der Waals surface area contributed by atoms with Gasteiger partial charge in [-0.05, 0) is 46.6 Å². The van der Waals surface area contributed by atoms with Gasteiger partial charge in [-0.25, -0.2) is 9.37 Å². The summed E-state index contributed by atoms with van der Waals surface area (Å²) in [5.41, 5.74) is 1.02. The lowest BCUT2D eigenvalue weighted by Crippen LogP contribution is -2.03. The van der Waals surface area contributed by atoms with Crippen LogP contribution in [0, 0.1) is 12.7 Å². The van der Waals surface area contributed by atoms with Crippen molar-refractivity contribution in [3.05, 3.63) is 57.6 Å². The minimum Gasteiger partial charge on any atom is -0.497 e. The number of fused-ring (bicyclic) bond motifs is 1. The molecule has 0 saturated heterocycles. The fourth-order valence-corrected chi connectivity index (χ4v) is 2.98. The van der Waals surface area contributed by atoms with Crippen LogP contribution in [0.15, 0.2) is 34.8 Å². The Balaban J connectivity index is 2.01. The summed E-state index contributed by atoms with van der Waals surface area (Å²) in [4.78, 5) is 19.7. The monoisotopic (exact) mass is 404 g/mol. The van der Waals surface area contributed by atoms with Gasteiger partial charge in [-0.1, -0.05) is 12.1 Å². The molecule has 128 valence electrons. The van der Waals surface area contributed by atoms with Crippen LogP contribution in [0.3, 0.4) is 0 Å². The predicted molar refractivity (Wildman–Crippen MR) is 94.6 cm³/mol. The molecule has 0 amide bonds. The molecule has 0 aliphatic carbocycles. The first-order chi connectivity index (χ1) is 12.0. The highest BCUT2D eigenvalue weighted by molar-refractivity contribution is 9.10. The molecule has 1 heterocycles. The Morgan fingerprint density at radius 1 is 1.24 bits per heavy atom. The van der Waals surface area contributed by atoms with Gasteiger partial charge in [0.05, 0.1) is 23.6 Å².